The lowest BCUT2D eigenvalue weighted by Crippen LogP contribution is -2.31. The number of rotatable bonds is 3. The van der Waals surface area contributed by atoms with Crippen LogP contribution in [0.2, 0.25) is 0 Å². The second kappa shape index (κ2) is 5.16. The molecule has 88 valence electrons. The van der Waals surface area contributed by atoms with Crippen molar-refractivity contribution in [3.05, 3.63) is 28.7 Å². The molecule has 1 aromatic heterocycles. The van der Waals surface area contributed by atoms with Crippen molar-refractivity contribution in [1.29, 1.82) is 0 Å². The molecule has 0 bridgehead atoms. The lowest BCUT2D eigenvalue weighted by atomic mass is 9.98. The van der Waals surface area contributed by atoms with Gasteiger partial charge in [0, 0.05) is 25.9 Å². The van der Waals surface area contributed by atoms with Crippen molar-refractivity contribution < 1.29 is 0 Å². The molecule has 2 heterocycles. The Balaban J connectivity index is 1.88. The first-order valence-corrected chi connectivity index (χ1v) is 5.87. The van der Waals surface area contributed by atoms with Crippen LogP contribution in [0.1, 0.15) is 12.8 Å². The van der Waals surface area contributed by atoms with Crippen LogP contribution in [0.3, 0.4) is 0 Å². The van der Waals surface area contributed by atoms with Crippen molar-refractivity contribution >= 4 is 5.69 Å². The van der Waals surface area contributed by atoms with Crippen LogP contribution < -0.4 is 16.2 Å². The Morgan fingerprint density at radius 3 is 2.88 bits per heavy atom. The van der Waals surface area contributed by atoms with E-state index in [1.807, 2.05) is 12.3 Å². The third-order valence-electron chi connectivity index (χ3n) is 3.14. The Morgan fingerprint density at radius 1 is 1.44 bits per heavy atom. The fourth-order valence-corrected chi connectivity index (χ4v) is 2.05. The molecule has 1 aromatic rings. The number of nitrogens with one attached hydrogen (secondary N) is 2. The van der Waals surface area contributed by atoms with Crippen molar-refractivity contribution in [1.82, 2.24) is 9.88 Å². The highest BCUT2D eigenvalue weighted by Gasteiger charge is 2.12. The average molecular weight is 221 g/mol. The number of hydrogen-bond donors (Lipinski definition) is 2. The van der Waals surface area contributed by atoms with Gasteiger partial charge in [0.15, 0.2) is 0 Å². The molecular weight excluding hydrogens is 202 g/mol. The summed E-state index contributed by atoms with van der Waals surface area (Å²) in [5.41, 5.74) is 1.06. The van der Waals surface area contributed by atoms with E-state index in [1.165, 1.54) is 12.8 Å². The third-order valence-corrected chi connectivity index (χ3v) is 3.14. The molecule has 0 saturated carbocycles. The van der Waals surface area contributed by atoms with Gasteiger partial charge in [-0.05, 0) is 37.9 Å². The topological polar surface area (TPSA) is 46.1 Å². The SMILES string of the molecule is Cn1cc(NCC2CCNCC2)ccc1=O. The first kappa shape index (κ1) is 11.2. The van der Waals surface area contributed by atoms with Crippen LogP contribution in [0.15, 0.2) is 23.1 Å². The van der Waals surface area contributed by atoms with Crippen LogP contribution in [0, 0.1) is 5.92 Å². The smallest absolute Gasteiger partial charge is 0.250 e. The molecular formula is C12H19N3O. The minimum absolute atomic E-state index is 0.0346. The first-order chi connectivity index (χ1) is 7.75. The molecule has 4 heteroatoms. The zero-order valence-corrected chi connectivity index (χ0v) is 9.70. The zero-order valence-electron chi connectivity index (χ0n) is 9.70. The van der Waals surface area contributed by atoms with E-state index in [9.17, 15) is 4.79 Å². The summed E-state index contributed by atoms with van der Waals surface area (Å²) in [5, 5.41) is 6.75. The van der Waals surface area contributed by atoms with Gasteiger partial charge in [0.05, 0.1) is 5.69 Å². The van der Waals surface area contributed by atoms with Crippen molar-refractivity contribution in [2.75, 3.05) is 25.0 Å². The highest BCUT2D eigenvalue weighted by Crippen LogP contribution is 2.12. The number of anilines is 1. The van der Waals surface area contributed by atoms with E-state index < -0.39 is 0 Å². The van der Waals surface area contributed by atoms with Crippen LogP contribution in [0.5, 0.6) is 0 Å². The molecule has 0 spiro atoms. The number of hydrogen-bond acceptors (Lipinski definition) is 3. The standard InChI is InChI=1S/C12H19N3O/c1-15-9-11(2-3-12(15)16)14-8-10-4-6-13-7-5-10/h2-3,9-10,13-14H,4-8H2,1H3. The van der Waals surface area contributed by atoms with E-state index in [0.717, 1.165) is 31.2 Å². The first-order valence-electron chi connectivity index (χ1n) is 5.87. The van der Waals surface area contributed by atoms with Crippen LogP contribution in [-0.4, -0.2) is 24.2 Å². The van der Waals surface area contributed by atoms with Gasteiger partial charge in [0.25, 0.3) is 0 Å². The molecule has 0 aliphatic carbocycles. The van der Waals surface area contributed by atoms with Crippen LogP contribution >= 0.6 is 0 Å². The highest BCUT2D eigenvalue weighted by molar-refractivity contribution is 5.40. The molecule has 0 amide bonds. The predicted octanol–water partition coefficient (Wildman–Crippen LogP) is 0.797. The van der Waals surface area contributed by atoms with E-state index in [1.54, 1.807) is 17.7 Å². The van der Waals surface area contributed by atoms with Gasteiger partial charge in [-0.2, -0.15) is 0 Å². The van der Waals surface area contributed by atoms with Gasteiger partial charge in [0.1, 0.15) is 0 Å². The van der Waals surface area contributed by atoms with Gasteiger partial charge in [-0.1, -0.05) is 0 Å². The van der Waals surface area contributed by atoms with E-state index in [0.29, 0.717) is 0 Å². The molecule has 0 radical (unpaired) electrons. The zero-order chi connectivity index (χ0) is 11.4. The summed E-state index contributed by atoms with van der Waals surface area (Å²) in [6.07, 6.45) is 4.32. The van der Waals surface area contributed by atoms with Crippen molar-refractivity contribution in [2.45, 2.75) is 12.8 Å². The molecule has 4 nitrogen and oxygen atoms in total. The van der Waals surface area contributed by atoms with Crippen LogP contribution in [-0.2, 0) is 7.05 Å². The van der Waals surface area contributed by atoms with Crippen molar-refractivity contribution in [3.63, 3.8) is 0 Å². The molecule has 0 atom stereocenters. The molecule has 2 N–H and O–H groups in total. The fraction of sp³-hybridized carbons (Fsp3) is 0.583. The normalized spacial score (nSPS) is 17.3. The maximum absolute atomic E-state index is 11.2. The van der Waals surface area contributed by atoms with Crippen LogP contribution in [0.25, 0.3) is 0 Å². The summed E-state index contributed by atoms with van der Waals surface area (Å²) in [6, 6.07) is 3.45. The monoisotopic (exact) mass is 221 g/mol. The van der Waals surface area contributed by atoms with Gasteiger partial charge in [-0.25, -0.2) is 0 Å². The molecule has 1 fully saturated rings. The summed E-state index contributed by atoms with van der Waals surface area (Å²) in [5.74, 6) is 0.749. The van der Waals surface area contributed by atoms with Gasteiger partial charge in [-0.3, -0.25) is 4.79 Å². The Hall–Kier alpha value is -1.29. The quantitative estimate of drug-likeness (QED) is 0.793. The molecule has 0 aromatic carbocycles. The van der Waals surface area contributed by atoms with E-state index in [2.05, 4.69) is 10.6 Å². The summed E-state index contributed by atoms with van der Waals surface area (Å²) in [4.78, 5) is 11.2. The maximum Gasteiger partial charge on any atom is 0.250 e. The van der Waals surface area contributed by atoms with Crippen molar-refractivity contribution in [2.24, 2.45) is 13.0 Å². The average Bonchev–Trinajstić information content (AvgIpc) is 2.32. The summed E-state index contributed by atoms with van der Waals surface area (Å²) >= 11 is 0. The van der Waals surface area contributed by atoms with Crippen molar-refractivity contribution in [3.8, 4) is 0 Å². The molecule has 1 aliphatic rings. The summed E-state index contributed by atoms with van der Waals surface area (Å²) < 4.78 is 1.60. The summed E-state index contributed by atoms with van der Waals surface area (Å²) in [6.45, 7) is 3.25. The molecule has 1 aliphatic heterocycles. The number of nitrogens with zero attached hydrogens (tertiary/aromatic N) is 1. The van der Waals surface area contributed by atoms with Gasteiger partial charge in [0.2, 0.25) is 5.56 Å². The van der Waals surface area contributed by atoms with Gasteiger partial charge in [-0.15, -0.1) is 0 Å². The lowest BCUT2D eigenvalue weighted by Gasteiger charge is -2.23. The van der Waals surface area contributed by atoms with E-state index in [4.69, 9.17) is 0 Å². The minimum atomic E-state index is 0.0346. The van der Waals surface area contributed by atoms with Gasteiger partial charge < -0.3 is 15.2 Å². The lowest BCUT2D eigenvalue weighted by molar-refractivity contribution is 0.390. The minimum Gasteiger partial charge on any atom is -0.384 e. The Bertz CT molecular complexity index is 393. The molecule has 1 saturated heterocycles. The Kier molecular flexibility index (Phi) is 3.62. The van der Waals surface area contributed by atoms with Gasteiger partial charge >= 0.3 is 0 Å². The molecule has 16 heavy (non-hydrogen) atoms. The second-order valence-electron chi connectivity index (χ2n) is 4.44. The summed E-state index contributed by atoms with van der Waals surface area (Å²) in [7, 11) is 1.78. The van der Waals surface area contributed by atoms with E-state index in [-0.39, 0.29) is 5.56 Å². The maximum atomic E-state index is 11.2. The second-order valence-corrected chi connectivity index (χ2v) is 4.44. The highest BCUT2D eigenvalue weighted by atomic mass is 16.1. The van der Waals surface area contributed by atoms with Crippen LogP contribution in [0.4, 0.5) is 5.69 Å². The predicted molar refractivity (Wildman–Crippen MR) is 65.8 cm³/mol. The molecule has 0 unspecified atom stereocenters. The number of aryl methyl sites for hydroxylation is 1. The fourth-order valence-electron chi connectivity index (χ4n) is 2.05. The number of pyridine rings is 1. The van der Waals surface area contributed by atoms with E-state index >= 15 is 0 Å². The largest absolute Gasteiger partial charge is 0.384 e. The Morgan fingerprint density at radius 2 is 2.19 bits per heavy atom. The third kappa shape index (κ3) is 2.85. The Labute approximate surface area is 95.7 Å². The number of piperidine rings is 1. The number of aromatic nitrogens is 1. The molecule has 2 rings (SSSR count).